The van der Waals surface area contributed by atoms with E-state index < -0.39 is 0 Å². The zero-order chi connectivity index (χ0) is 16.4. The fourth-order valence-electron chi connectivity index (χ4n) is 7.46. The van der Waals surface area contributed by atoms with E-state index in [4.69, 9.17) is 0 Å². The second-order valence-electron chi connectivity index (χ2n) is 9.51. The van der Waals surface area contributed by atoms with Gasteiger partial charge < -0.3 is 10.2 Å². The van der Waals surface area contributed by atoms with Crippen molar-refractivity contribution in [2.24, 2.45) is 40.4 Å². The zero-order valence-electron chi connectivity index (χ0n) is 14.6. The van der Waals surface area contributed by atoms with Crippen LogP contribution < -0.4 is 0 Å². The third-order valence-electron chi connectivity index (χ3n) is 8.76. The van der Waals surface area contributed by atoms with Gasteiger partial charge in [-0.3, -0.25) is 4.79 Å². The SMILES string of the molecule is C[C@]12CC[C@H](O)C[C@@H]1C(CO)C[C@@H]1[C@@H]2CC[C@]2(C)C(=O)CC[C@@H]12. The summed E-state index contributed by atoms with van der Waals surface area (Å²) in [5.74, 6) is 3.09. The van der Waals surface area contributed by atoms with E-state index in [-0.39, 0.29) is 23.5 Å². The first-order valence-corrected chi connectivity index (χ1v) is 9.72. The Balaban J connectivity index is 1.69. The van der Waals surface area contributed by atoms with Crippen molar-refractivity contribution in [2.45, 2.75) is 71.3 Å². The Hall–Kier alpha value is -0.410. The Bertz CT molecular complexity index is 503. The first kappa shape index (κ1) is 16.1. The van der Waals surface area contributed by atoms with Crippen molar-refractivity contribution in [2.75, 3.05) is 6.61 Å². The summed E-state index contributed by atoms with van der Waals surface area (Å²) < 4.78 is 0. The van der Waals surface area contributed by atoms with Crippen molar-refractivity contribution in [3.8, 4) is 0 Å². The Kier molecular flexibility index (Phi) is 3.70. The summed E-state index contributed by atoms with van der Waals surface area (Å²) >= 11 is 0. The van der Waals surface area contributed by atoms with E-state index in [1.54, 1.807) is 0 Å². The molecule has 0 aliphatic heterocycles. The molecule has 0 amide bonds. The van der Waals surface area contributed by atoms with Gasteiger partial charge in [-0.2, -0.15) is 0 Å². The zero-order valence-corrected chi connectivity index (χ0v) is 14.6. The number of aliphatic hydroxyl groups excluding tert-OH is 2. The van der Waals surface area contributed by atoms with Gasteiger partial charge in [-0.1, -0.05) is 13.8 Å². The van der Waals surface area contributed by atoms with Crippen molar-refractivity contribution in [1.29, 1.82) is 0 Å². The second kappa shape index (κ2) is 5.29. The highest BCUT2D eigenvalue weighted by Crippen LogP contribution is 2.66. The van der Waals surface area contributed by atoms with Crippen LogP contribution in [0.5, 0.6) is 0 Å². The third kappa shape index (κ3) is 2.12. The fourth-order valence-corrected chi connectivity index (χ4v) is 7.46. The second-order valence-corrected chi connectivity index (χ2v) is 9.51. The summed E-state index contributed by atoms with van der Waals surface area (Å²) in [6.45, 7) is 4.90. The Morgan fingerprint density at radius 1 is 1.04 bits per heavy atom. The molecule has 23 heavy (non-hydrogen) atoms. The molecule has 0 saturated heterocycles. The molecule has 0 bridgehead atoms. The van der Waals surface area contributed by atoms with E-state index >= 15 is 0 Å². The molecule has 3 heteroatoms. The average Bonchev–Trinajstić information content (AvgIpc) is 2.83. The van der Waals surface area contributed by atoms with Gasteiger partial charge >= 0.3 is 0 Å². The highest BCUT2D eigenvalue weighted by molar-refractivity contribution is 5.87. The van der Waals surface area contributed by atoms with E-state index in [0.717, 1.165) is 44.9 Å². The van der Waals surface area contributed by atoms with Gasteiger partial charge in [-0.25, -0.2) is 0 Å². The minimum Gasteiger partial charge on any atom is -0.396 e. The molecule has 0 heterocycles. The lowest BCUT2D eigenvalue weighted by Crippen LogP contribution is -2.57. The van der Waals surface area contributed by atoms with Crippen LogP contribution in [-0.4, -0.2) is 28.7 Å². The van der Waals surface area contributed by atoms with Crippen LogP contribution in [-0.2, 0) is 4.79 Å². The first-order valence-electron chi connectivity index (χ1n) is 9.72. The van der Waals surface area contributed by atoms with Crippen LogP contribution in [0.2, 0.25) is 0 Å². The number of ketones is 1. The number of carbonyl (C=O) groups excluding carboxylic acids is 1. The van der Waals surface area contributed by atoms with E-state index in [9.17, 15) is 15.0 Å². The van der Waals surface area contributed by atoms with Gasteiger partial charge in [-0.15, -0.1) is 0 Å². The van der Waals surface area contributed by atoms with Crippen molar-refractivity contribution in [3.05, 3.63) is 0 Å². The molecule has 1 unspecified atom stereocenters. The van der Waals surface area contributed by atoms with Crippen molar-refractivity contribution < 1.29 is 15.0 Å². The predicted molar refractivity (Wildman–Crippen MR) is 88.7 cm³/mol. The molecule has 0 aromatic carbocycles. The monoisotopic (exact) mass is 320 g/mol. The molecule has 2 N–H and O–H groups in total. The molecule has 0 aromatic heterocycles. The number of aliphatic hydroxyl groups is 2. The maximum atomic E-state index is 12.5. The molecule has 0 spiro atoms. The number of carbonyl (C=O) groups is 1. The van der Waals surface area contributed by atoms with Crippen LogP contribution in [0.15, 0.2) is 0 Å². The van der Waals surface area contributed by atoms with Gasteiger partial charge in [0.25, 0.3) is 0 Å². The fraction of sp³-hybridized carbons (Fsp3) is 0.950. The molecular formula is C20H32O3. The van der Waals surface area contributed by atoms with Gasteiger partial charge in [0.1, 0.15) is 5.78 Å². The molecule has 4 aliphatic rings. The predicted octanol–water partition coefficient (Wildman–Crippen LogP) is 3.18. The Labute approximate surface area is 139 Å². The number of fused-ring (bicyclic) bond motifs is 5. The van der Waals surface area contributed by atoms with Crippen LogP contribution in [0, 0.1) is 40.4 Å². The highest BCUT2D eigenvalue weighted by Gasteiger charge is 2.61. The lowest BCUT2D eigenvalue weighted by atomic mass is 9.43. The topological polar surface area (TPSA) is 57.5 Å². The summed E-state index contributed by atoms with van der Waals surface area (Å²) in [5, 5.41) is 20.2. The maximum absolute atomic E-state index is 12.5. The van der Waals surface area contributed by atoms with Gasteiger partial charge in [0, 0.05) is 18.4 Å². The molecule has 4 fully saturated rings. The lowest BCUT2D eigenvalue weighted by molar-refractivity contribution is -0.158. The van der Waals surface area contributed by atoms with Crippen LogP contribution >= 0.6 is 0 Å². The minimum absolute atomic E-state index is 0.0848. The Morgan fingerprint density at radius 2 is 1.83 bits per heavy atom. The molecule has 3 nitrogen and oxygen atoms in total. The van der Waals surface area contributed by atoms with Crippen LogP contribution in [0.25, 0.3) is 0 Å². The van der Waals surface area contributed by atoms with Crippen molar-refractivity contribution >= 4 is 5.78 Å². The molecule has 4 aliphatic carbocycles. The summed E-state index contributed by atoms with van der Waals surface area (Å²) in [7, 11) is 0. The first-order chi connectivity index (χ1) is 10.9. The summed E-state index contributed by atoms with van der Waals surface area (Å²) in [6.07, 6.45) is 7.83. The molecule has 0 radical (unpaired) electrons. The minimum atomic E-state index is -0.180. The van der Waals surface area contributed by atoms with E-state index in [1.165, 1.54) is 6.42 Å². The van der Waals surface area contributed by atoms with Gasteiger partial charge in [0.05, 0.1) is 6.10 Å². The Morgan fingerprint density at radius 3 is 2.57 bits per heavy atom. The van der Waals surface area contributed by atoms with E-state index in [1.807, 2.05) is 0 Å². The van der Waals surface area contributed by atoms with E-state index in [0.29, 0.717) is 35.4 Å². The van der Waals surface area contributed by atoms with Crippen LogP contribution in [0.3, 0.4) is 0 Å². The highest BCUT2D eigenvalue weighted by atomic mass is 16.3. The van der Waals surface area contributed by atoms with Gasteiger partial charge in [0.15, 0.2) is 0 Å². The molecule has 130 valence electrons. The molecule has 4 rings (SSSR count). The number of rotatable bonds is 1. The average molecular weight is 320 g/mol. The molecule has 4 saturated carbocycles. The van der Waals surface area contributed by atoms with Crippen LogP contribution in [0.4, 0.5) is 0 Å². The van der Waals surface area contributed by atoms with Crippen molar-refractivity contribution in [1.82, 2.24) is 0 Å². The standard InChI is InChI=1S/C20H32O3/c1-19-7-5-13(22)10-17(19)12(11-21)9-14-15-3-4-18(23)20(15,2)8-6-16(14)19/h12-17,21-22H,3-11H2,1-2H3/t12?,13-,14-,15-,16-,17+,19+,20-/m0/s1. The van der Waals surface area contributed by atoms with E-state index in [2.05, 4.69) is 13.8 Å². The lowest BCUT2D eigenvalue weighted by Gasteiger charge is -2.62. The summed E-state index contributed by atoms with van der Waals surface area (Å²) in [4.78, 5) is 12.5. The molecule has 0 aromatic rings. The number of Topliss-reactive ketones (excluding diaryl/α,β-unsaturated/α-hetero) is 1. The van der Waals surface area contributed by atoms with Crippen molar-refractivity contribution in [3.63, 3.8) is 0 Å². The molecule has 8 atom stereocenters. The summed E-state index contributed by atoms with van der Waals surface area (Å²) in [6, 6.07) is 0. The maximum Gasteiger partial charge on any atom is 0.139 e. The summed E-state index contributed by atoms with van der Waals surface area (Å²) in [5.41, 5.74) is 0.168. The normalized spacial score (nSPS) is 55.9. The van der Waals surface area contributed by atoms with Gasteiger partial charge in [-0.05, 0) is 80.0 Å². The number of hydrogen-bond donors (Lipinski definition) is 2. The third-order valence-corrected chi connectivity index (χ3v) is 8.76. The number of hydrogen-bond acceptors (Lipinski definition) is 3. The van der Waals surface area contributed by atoms with Crippen LogP contribution in [0.1, 0.15) is 65.2 Å². The van der Waals surface area contributed by atoms with Gasteiger partial charge in [0.2, 0.25) is 0 Å². The molecular weight excluding hydrogens is 288 g/mol. The largest absolute Gasteiger partial charge is 0.396 e. The smallest absolute Gasteiger partial charge is 0.139 e. The quantitative estimate of drug-likeness (QED) is 0.780.